The number of rotatable bonds is 6. The fraction of sp³-hybridized carbons (Fsp3) is 0.571. The zero-order valence-corrected chi connectivity index (χ0v) is 17.0. The summed E-state index contributed by atoms with van der Waals surface area (Å²) in [7, 11) is 4.03. The molecule has 7 nitrogen and oxygen atoms in total. The molecule has 0 aromatic heterocycles. The third-order valence-electron chi connectivity index (χ3n) is 5.69. The molecule has 0 unspecified atom stereocenters. The monoisotopic (exact) mass is 386 g/mol. The third kappa shape index (κ3) is 4.52. The van der Waals surface area contributed by atoms with E-state index in [1.807, 2.05) is 38.4 Å². The first kappa shape index (κ1) is 20.3. The number of urea groups is 1. The molecule has 7 heteroatoms. The van der Waals surface area contributed by atoms with Crippen LogP contribution in [0.2, 0.25) is 0 Å². The second-order valence-corrected chi connectivity index (χ2v) is 8.42. The molecule has 1 aromatic carbocycles. The summed E-state index contributed by atoms with van der Waals surface area (Å²) in [5.74, 6) is -0.0218. The summed E-state index contributed by atoms with van der Waals surface area (Å²) in [6, 6.07) is 7.57. The summed E-state index contributed by atoms with van der Waals surface area (Å²) >= 11 is 0. The molecule has 152 valence electrons. The standard InChI is InChI=1S/C21H30N4O3/c1-15-8-10-21(11-9-15)19(27)25(20(28)23-21)14-18(26)22-12-16-4-6-17(7-5-16)13-24(2)3/h4-7,15H,8-14H2,1-3H3,(H,22,26)(H,23,28). The minimum Gasteiger partial charge on any atom is -0.350 e. The van der Waals surface area contributed by atoms with Gasteiger partial charge in [0.15, 0.2) is 0 Å². The number of nitrogens with one attached hydrogen (secondary N) is 2. The van der Waals surface area contributed by atoms with E-state index in [2.05, 4.69) is 22.5 Å². The van der Waals surface area contributed by atoms with Crippen LogP contribution in [0, 0.1) is 5.92 Å². The molecule has 0 bridgehead atoms. The fourth-order valence-electron chi connectivity index (χ4n) is 3.94. The molecule has 3 rings (SSSR count). The van der Waals surface area contributed by atoms with Crippen molar-refractivity contribution in [3.8, 4) is 0 Å². The molecular formula is C21H30N4O3. The second kappa shape index (κ2) is 8.31. The van der Waals surface area contributed by atoms with Crippen LogP contribution in [-0.2, 0) is 22.7 Å². The SMILES string of the molecule is CC1CCC2(CC1)NC(=O)N(CC(=O)NCc1ccc(CN(C)C)cc1)C2=O. The molecule has 2 aliphatic rings. The Morgan fingerprint density at radius 3 is 2.39 bits per heavy atom. The van der Waals surface area contributed by atoms with Crippen molar-refractivity contribution in [2.24, 2.45) is 5.92 Å². The number of hydrogen-bond donors (Lipinski definition) is 2. The van der Waals surface area contributed by atoms with Gasteiger partial charge in [-0.15, -0.1) is 0 Å². The van der Waals surface area contributed by atoms with E-state index in [4.69, 9.17) is 0 Å². The first-order valence-electron chi connectivity index (χ1n) is 9.92. The Morgan fingerprint density at radius 1 is 1.18 bits per heavy atom. The second-order valence-electron chi connectivity index (χ2n) is 8.42. The molecule has 0 radical (unpaired) electrons. The topological polar surface area (TPSA) is 81.8 Å². The molecule has 1 heterocycles. The Labute approximate surface area is 166 Å². The third-order valence-corrected chi connectivity index (χ3v) is 5.69. The number of carbonyl (C=O) groups excluding carboxylic acids is 3. The van der Waals surface area contributed by atoms with Crippen LogP contribution in [0.1, 0.15) is 43.7 Å². The minimum absolute atomic E-state index is 0.235. The summed E-state index contributed by atoms with van der Waals surface area (Å²) in [6.07, 6.45) is 3.12. The van der Waals surface area contributed by atoms with Gasteiger partial charge in [-0.3, -0.25) is 14.5 Å². The van der Waals surface area contributed by atoms with E-state index >= 15 is 0 Å². The van der Waals surface area contributed by atoms with Gasteiger partial charge in [-0.25, -0.2) is 4.79 Å². The molecule has 28 heavy (non-hydrogen) atoms. The molecule has 1 saturated carbocycles. The van der Waals surface area contributed by atoms with Crippen molar-refractivity contribution < 1.29 is 14.4 Å². The van der Waals surface area contributed by atoms with Crippen molar-refractivity contribution in [3.63, 3.8) is 0 Å². The normalized spacial score (nSPS) is 24.7. The number of benzene rings is 1. The van der Waals surface area contributed by atoms with E-state index < -0.39 is 11.6 Å². The number of hydrogen-bond acceptors (Lipinski definition) is 4. The van der Waals surface area contributed by atoms with Crippen molar-refractivity contribution in [3.05, 3.63) is 35.4 Å². The van der Waals surface area contributed by atoms with Crippen LogP contribution in [0.4, 0.5) is 4.79 Å². The Balaban J connectivity index is 1.52. The molecule has 1 saturated heterocycles. The van der Waals surface area contributed by atoms with E-state index in [-0.39, 0.29) is 18.4 Å². The van der Waals surface area contributed by atoms with Crippen molar-refractivity contribution in [2.45, 2.75) is 51.2 Å². The van der Waals surface area contributed by atoms with Crippen LogP contribution >= 0.6 is 0 Å². The van der Waals surface area contributed by atoms with Gasteiger partial charge in [0.1, 0.15) is 12.1 Å². The van der Waals surface area contributed by atoms with Gasteiger partial charge in [-0.2, -0.15) is 0 Å². The molecule has 1 aromatic rings. The smallest absolute Gasteiger partial charge is 0.325 e. The highest BCUT2D eigenvalue weighted by atomic mass is 16.2. The summed E-state index contributed by atoms with van der Waals surface area (Å²) in [4.78, 5) is 40.5. The van der Waals surface area contributed by atoms with Gasteiger partial charge in [0, 0.05) is 13.1 Å². The number of nitrogens with zero attached hydrogens (tertiary/aromatic N) is 2. The molecule has 1 spiro atoms. The van der Waals surface area contributed by atoms with Crippen LogP contribution in [0.5, 0.6) is 0 Å². The van der Waals surface area contributed by atoms with Crippen LogP contribution in [0.3, 0.4) is 0 Å². The minimum atomic E-state index is -0.799. The average molecular weight is 386 g/mol. The van der Waals surface area contributed by atoms with E-state index in [9.17, 15) is 14.4 Å². The summed E-state index contributed by atoms with van der Waals surface area (Å²) in [5.41, 5.74) is 1.38. The van der Waals surface area contributed by atoms with Crippen molar-refractivity contribution >= 4 is 17.8 Å². The van der Waals surface area contributed by atoms with Gasteiger partial charge in [0.2, 0.25) is 5.91 Å². The van der Waals surface area contributed by atoms with Crippen molar-refractivity contribution in [2.75, 3.05) is 20.6 Å². The lowest BCUT2D eigenvalue weighted by Crippen LogP contribution is -2.49. The number of imide groups is 1. The van der Waals surface area contributed by atoms with Gasteiger partial charge in [0.25, 0.3) is 5.91 Å². The van der Waals surface area contributed by atoms with Gasteiger partial charge in [0.05, 0.1) is 0 Å². The summed E-state index contributed by atoms with van der Waals surface area (Å²) in [6.45, 7) is 3.15. The van der Waals surface area contributed by atoms with Crippen molar-refractivity contribution in [1.82, 2.24) is 20.4 Å². The van der Waals surface area contributed by atoms with Crippen LogP contribution in [0.15, 0.2) is 24.3 Å². The number of amides is 4. The highest BCUT2D eigenvalue weighted by Crippen LogP contribution is 2.36. The quantitative estimate of drug-likeness (QED) is 0.732. The van der Waals surface area contributed by atoms with Gasteiger partial charge in [-0.1, -0.05) is 31.2 Å². The van der Waals surface area contributed by atoms with Crippen LogP contribution in [-0.4, -0.2) is 53.8 Å². The van der Waals surface area contributed by atoms with Crippen LogP contribution in [0.25, 0.3) is 0 Å². The fourth-order valence-corrected chi connectivity index (χ4v) is 3.94. The molecule has 2 fully saturated rings. The highest BCUT2D eigenvalue weighted by Gasteiger charge is 2.52. The Morgan fingerprint density at radius 2 is 1.79 bits per heavy atom. The molecule has 0 atom stereocenters. The Bertz CT molecular complexity index is 737. The molecule has 4 amide bonds. The largest absolute Gasteiger partial charge is 0.350 e. The molecule has 2 N–H and O–H groups in total. The highest BCUT2D eigenvalue weighted by molar-refractivity contribution is 6.09. The van der Waals surface area contributed by atoms with Crippen LogP contribution < -0.4 is 10.6 Å². The predicted octanol–water partition coefficient (Wildman–Crippen LogP) is 1.87. The lowest BCUT2D eigenvalue weighted by Gasteiger charge is -2.33. The number of carbonyl (C=O) groups is 3. The molecular weight excluding hydrogens is 356 g/mol. The maximum atomic E-state index is 12.8. The van der Waals surface area contributed by atoms with Gasteiger partial charge < -0.3 is 15.5 Å². The average Bonchev–Trinajstić information content (AvgIpc) is 2.87. The van der Waals surface area contributed by atoms with E-state index in [0.29, 0.717) is 25.3 Å². The van der Waals surface area contributed by atoms with E-state index in [1.165, 1.54) is 5.56 Å². The lowest BCUT2D eigenvalue weighted by atomic mass is 9.77. The van der Waals surface area contributed by atoms with E-state index in [0.717, 1.165) is 29.8 Å². The Hall–Kier alpha value is -2.41. The molecule has 1 aliphatic heterocycles. The lowest BCUT2D eigenvalue weighted by molar-refractivity contribution is -0.136. The molecule has 1 aliphatic carbocycles. The maximum Gasteiger partial charge on any atom is 0.325 e. The van der Waals surface area contributed by atoms with E-state index in [1.54, 1.807) is 0 Å². The first-order valence-corrected chi connectivity index (χ1v) is 9.92. The van der Waals surface area contributed by atoms with Crippen molar-refractivity contribution in [1.29, 1.82) is 0 Å². The van der Waals surface area contributed by atoms with Gasteiger partial charge >= 0.3 is 6.03 Å². The zero-order valence-electron chi connectivity index (χ0n) is 17.0. The first-order chi connectivity index (χ1) is 13.3. The Kier molecular flexibility index (Phi) is 6.03. The predicted molar refractivity (Wildman–Crippen MR) is 106 cm³/mol. The summed E-state index contributed by atoms with van der Waals surface area (Å²) in [5, 5.41) is 5.65. The maximum absolute atomic E-state index is 12.8. The zero-order chi connectivity index (χ0) is 20.3. The van der Waals surface area contributed by atoms with Gasteiger partial charge in [-0.05, 0) is 56.8 Å². The summed E-state index contributed by atoms with van der Waals surface area (Å²) < 4.78 is 0.